The zero-order valence-corrected chi connectivity index (χ0v) is 15.6. The maximum absolute atomic E-state index is 10.5. The highest BCUT2D eigenvalue weighted by Gasteiger charge is 2.22. The molecule has 0 atom stereocenters. The van der Waals surface area contributed by atoms with E-state index in [1.807, 2.05) is 30.3 Å². The van der Waals surface area contributed by atoms with Crippen LogP contribution >= 0.6 is 0 Å². The molecule has 0 amide bonds. The minimum atomic E-state index is 0.152. The Bertz CT molecular complexity index is 743. The number of ether oxygens (including phenoxy) is 3. The molecule has 140 valence electrons. The van der Waals surface area contributed by atoms with Crippen molar-refractivity contribution < 1.29 is 19.3 Å². The molecule has 2 aromatic rings. The first-order valence-corrected chi connectivity index (χ1v) is 8.71. The third-order valence-electron chi connectivity index (χ3n) is 4.80. The SMILES string of the molecule is COc1ccccc1N1CCN(Cc2ccc(OC)c(OC)c2O)CC1. The van der Waals surface area contributed by atoms with Crippen molar-refractivity contribution in [2.24, 2.45) is 0 Å². The summed E-state index contributed by atoms with van der Waals surface area (Å²) in [6, 6.07) is 11.8. The number of piperazine rings is 1. The van der Waals surface area contributed by atoms with Gasteiger partial charge >= 0.3 is 0 Å². The molecule has 6 nitrogen and oxygen atoms in total. The lowest BCUT2D eigenvalue weighted by Gasteiger charge is -2.36. The molecule has 0 unspecified atom stereocenters. The lowest BCUT2D eigenvalue weighted by Crippen LogP contribution is -2.46. The van der Waals surface area contributed by atoms with E-state index in [4.69, 9.17) is 14.2 Å². The largest absolute Gasteiger partial charge is 0.504 e. The van der Waals surface area contributed by atoms with Gasteiger partial charge in [0, 0.05) is 38.3 Å². The molecule has 0 bridgehead atoms. The van der Waals surface area contributed by atoms with Crippen molar-refractivity contribution in [1.29, 1.82) is 0 Å². The molecule has 1 fully saturated rings. The van der Waals surface area contributed by atoms with E-state index in [9.17, 15) is 5.11 Å². The Labute approximate surface area is 154 Å². The van der Waals surface area contributed by atoms with E-state index < -0.39 is 0 Å². The van der Waals surface area contributed by atoms with Gasteiger partial charge in [-0.05, 0) is 18.2 Å². The molecule has 1 N–H and O–H groups in total. The highest BCUT2D eigenvalue weighted by molar-refractivity contribution is 5.59. The lowest BCUT2D eigenvalue weighted by atomic mass is 10.1. The highest BCUT2D eigenvalue weighted by atomic mass is 16.5. The molecule has 2 aromatic carbocycles. The van der Waals surface area contributed by atoms with E-state index in [0.717, 1.165) is 43.2 Å². The summed E-state index contributed by atoms with van der Waals surface area (Å²) in [6.07, 6.45) is 0. The summed E-state index contributed by atoms with van der Waals surface area (Å²) in [4.78, 5) is 4.66. The van der Waals surface area contributed by atoms with Crippen LogP contribution in [0.3, 0.4) is 0 Å². The van der Waals surface area contributed by atoms with Crippen molar-refractivity contribution in [3.05, 3.63) is 42.0 Å². The zero-order chi connectivity index (χ0) is 18.5. The van der Waals surface area contributed by atoms with Gasteiger partial charge in [0.05, 0.1) is 27.0 Å². The Balaban J connectivity index is 1.66. The maximum atomic E-state index is 10.5. The third kappa shape index (κ3) is 3.65. The van der Waals surface area contributed by atoms with Gasteiger partial charge in [-0.3, -0.25) is 4.90 Å². The van der Waals surface area contributed by atoms with Crippen molar-refractivity contribution in [2.75, 3.05) is 52.4 Å². The number of aromatic hydroxyl groups is 1. The molecule has 1 aliphatic heterocycles. The summed E-state index contributed by atoms with van der Waals surface area (Å²) in [7, 11) is 4.80. The van der Waals surface area contributed by atoms with E-state index in [1.54, 1.807) is 14.2 Å². The molecule has 26 heavy (non-hydrogen) atoms. The van der Waals surface area contributed by atoms with Crippen LogP contribution in [-0.4, -0.2) is 57.5 Å². The Morgan fingerprint density at radius 1 is 0.846 bits per heavy atom. The van der Waals surface area contributed by atoms with E-state index in [2.05, 4.69) is 15.9 Å². The predicted octanol–water partition coefficient (Wildman–Crippen LogP) is 2.74. The monoisotopic (exact) mass is 358 g/mol. The number of hydrogen-bond acceptors (Lipinski definition) is 6. The van der Waals surface area contributed by atoms with E-state index >= 15 is 0 Å². The van der Waals surface area contributed by atoms with Gasteiger partial charge in [0.1, 0.15) is 5.75 Å². The van der Waals surface area contributed by atoms with Crippen molar-refractivity contribution in [1.82, 2.24) is 4.90 Å². The number of phenols is 1. The number of anilines is 1. The molecule has 0 aromatic heterocycles. The van der Waals surface area contributed by atoms with Gasteiger partial charge < -0.3 is 24.2 Å². The summed E-state index contributed by atoms with van der Waals surface area (Å²) >= 11 is 0. The number of rotatable bonds is 6. The van der Waals surface area contributed by atoms with Crippen molar-refractivity contribution in [2.45, 2.75) is 6.54 Å². The van der Waals surface area contributed by atoms with Crippen LogP contribution in [0.2, 0.25) is 0 Å². The fourth-order valence-corrected chi connectivity index (χ4v) is 3.36. The van der Waals surface area contributed by atoms with Gasteiger partial charge in [0.15, 0.2) is 11.5 Å². The maximum Gasteiger partial charge on any atom is 0.203 e. The van der Waals surface area contributed by atoms with Crippen LogP contribution in [0.1, 0.15) is 5.56 Å². The summed E-state index contributed by atoms with van der Waals surface area (Å²) in [5.74, 6) is 1.98. The highest BCUT2D eigenvalue weighted by Crippen LogP contribution is 2.39. The minimum absolute atomic E-state index is 0.152. The van der Waals surface area contributed by atoms with Crippen molar-refractivity contribution in [3.8, 4) is 23.0 Å². The Hall–Kier alpha value is -2.60. The molecule has 0 aliphatic carbocycles. The predicted molar refractivity (Wildman–Crippen MR) is 102 cm³/mol. The quantitative estimate of drug-likeness (QED) is 0.857. The van der Waals surface area contributed by atoms with Gasteiger partial charge in [-0.25, -0.2) is 0 Å². The number of phenolic OH excluding ortho intramolecular Hbond substituents is 1. The number of benzene rings is 2. The minimum Gasteiger partial charge on any atom is -0.504 e. The molecule has 0 radical (unpaired) electrons. The second kappa shape index (κ2) is 8.19. The van der Waals surface area contributed by atoms with Gasteiger partial charge in [0.25, 0.3) is 0 Å². The molecule has 0 saturated carbocycles. The molecule has 6 heteroatoms. The Kier molecular flexibility index (Phi) is 5.73. The first-order valence-electron chi connectivity index (χ1n) is 8.71. The van der Waals surface area contributed by atoms with E-state index in [-0.39, 0.29) is 5.75 Å². The normalized spacial score (nSPS) is 15.0. The van der Waals surface area contributed by atoms with Gasteiger partial charge in [-0.1, -0.05) is 18.2 Å². The van der Waals surface area contributed by atoms with Gasteiger partial charge in [-0.15, -0.1) is 0 Å². The number of methoxy groups -OCH3 is 3. The van der Waals surface area contributed by atoms with Crippen LogP contribution in [0.5, 0.6) is 23.0 Å². The lowest BCUT2D eigenvalue weighted by molar-refractivity contribution is 0.244. The fraction of sp³-hybridized carbons (Fsp3) is 0.400. The topological polar surface area (TPSA) is 54.4 Å². The van der Waals surface area contributed by atoms with E-state index in [1.165, 1.54) is 7.11 Å². The third-order valence-corrected chi connectivity index (χ3v) is 4.80. The van der Waals surface area contributed by atoms with E-state index in [0.29, 0.717) is 18.0 Å². The molecule has 3 rings (SSSR count). The average Bonchev–Trinajstić information content (AvgIpc) is 2.69. The standard InChI is InChI=1S/C20H26N2O4/c1-24-17-7-5-4-6-16(17)22-12-10-21(11-13-22)14-15-8-9-18(25-2)20(26-3)19(15)23/h4-9,23H,10-14H2,1-3H3. The van der Waals surface area contributed by atoms with Crippen LogP contribution in [0.25, 0.3) is 0 Å². The zero-order valence-electron chi connectivity index (χ0n) is 15.6. The first kappa shape index (κ1) is 18.2. The summed E-state index contributed by atoms with van der Waals surface area (Å²) in [5.41, 5.74) is 1.97. The molecule has 1 saturated heterocycles. The number of nitrogens with zero attached hydrogens (tertiary/aromatic N) is 2. The number of para-hydroxylation sites is 2. The fourth-order valence-electron chi connectivity index (χ4n) is 3.36. The second-order valence-corrected chi connectivity index (χ2v) is 6.24. The molecular weight excluding hydrogens is 332 g/mol. The molecular formula is C20H26N2O4. The smallest absolute Gasteiger partial charge is 0.203 e. The summed E-state index contributed by atoms with van der Waals surface area (Å²) < 4.78 is 16.0. The van der Waals surface area contributed by atoms with Crippen LogP contribution in [-0.2, 0) is 6.54 Å². The first-order chi connectivity index (χ1) is 12.7. The van der Waals surface area contributed by atoms with Crippen LogP contribution in [0, 0.1) is 0 Å². The second-order valence-electron chi connectivity index (χ2n) is 6.24. The van der Waals surface area contributed by atoms with Crippen LogP contribution in [0.4, 0.5) is 5.69 Å². The average molecular weight is 358 g/mol. The van der Waals surface area contributed by atoms with Gasteiger partial charge in [-0.2, -0.15) is 0 Å². The summed E-state index contributed by atoms with van der Waals surface area (Å²) in [6.45, 7) is 4.31. The van der Waals surface area contributed by atoms with Crippen LogP contribution < -0.4 is 19.1 Å². The van der Waals surface area contributed by atoms with Crippen LogP contribution in [0.15, 0.2) is 36.4 Å². The van der Waals surface area contributed by atoms with Gasteiger partial charge in [0.2, 0.25) is 5.75 Å². The Morgan fingerprint density at radius 3 is 2.19 bits per heavy atom. The van der Waals surface area contributed by atoms with Crippen molar-refractivity contribution >= 4 is 5.69 Å². The molecule has 0 spiro atoms. The molecule has 1 aliphatic rings. The Morgan fingerprint density at radius 2 is 1.54 bits per heavy atom. The number of hydrogen-bond donors (Lipinski definition) is 1. The summed E-state index contributed by atoms with van der Waals surface area (Å²) in [5, 5.41) is 10.5. The van der Waals surface area contributed by atoms with Crippen molar-refractivity contribution in [3.63, 3.8) is 0 Å². The molecule has 1 heterocycles.